The largest absolute Gasteiger partial charge is 0.396 e. The molecule has 0 heterocycles. The lowest BCUT2D eigenvalue weighted by Crippen LogP contribution is -2.22. The lowest BCUT2D eigenvalue weighted by atomic mass is 9.75. The van der Waals surface area contributed by atoms with Crippen molar-refractivity contribution in [3.05, 3.63) is 0 Å². The molecule has 0 aromatic rings. The van der Waals surface area contributed by atoms with Crippen LogP contribution in [-0.4, -0.2) is 11.7 Å². The summed E-state index contributed by atoms with van der Waals surface area (Å²) in [5, 5.41) is 9.06. The van der Waals surface area contributed by atoms with Crippen molar-refractivity contribution in [2.45, 2.75) is 46.0 Å². The number of hydrogen-bond acceptors (Lipinski definition) is 1. The molecule has 1 heteroatoms. The van der Waals surface area contributed by atoms with Crippen molar-refractivity contribution in [1.29, 1.82) is 0 Å². The van der Waals surface area contributed by atoms with Crippen molar-refractivity contribution < 1.29 is 5.11 Å². The molecule has 1 unspecified atom stereocenters. The second-order valence-corrected chi connectivity index (χ2v) is 4.36. The fourth-order valence-electron chi connectivity index (χ4n) is 2.35. The monoisotopic (exact) mass is 170 g/mol. The summed E-state index contributed by atoms with van der Waals surface area (Å²) in [7, 11) is 0. The Morgan fingerprint density at radius 3 is 2.75 bits per heavy atom. The second kappa shape index (κ2) is 4.86. The Bertz CT molecular complexity index is 120. The molecule has 0 spiro atoms. The molecule has 3 atom stereocenters. The van der Waals surface area contributed by atoms with Gasteiger partial charge in [-0.15, -0.1) is 0 Å². The van der Waals surface area contributed by atoms with Gasteiger partial charge < -0.3 is 5.11 Å². The molecule has 0 aromatic heterocycles. The Balaban J connectivity index is 2.34. The SMILES string of the molecule is CC[C@H](C)[C@H]1CCCC(CO)C1. The van der Waals surface area contributed by atoms with Gasteiger partial charge in [-0.2, -0.15) is 0 Å². The van der Waals surface area contributed by atoms with Gasteiger partial charge in [0.25, 0.3) is 0 Å². The first-order chi connectivity index (χ1) is 5.77. The average Bonchev–Trinajstić information content (AvgIpc) is 2.17. The van der Waals surface area contributed by atoms with Crippen molar-refractivity contribution in [2.24, 2.45) is 17.8 Å². The van der Waals surface area contributed by atoms with Crippen LogP contribution >= 0.6 is 0 Å². The van der Waals surface area contributed by atoms with Gasteiger partial charge in [-0.05, 0) is 30.6 Å². The minimum atomic E-state index is 0.410. The number of hydrogen-bond donors (Lipinski definition) is 1. The lowest BCUT2D eigenvalue weighted by Gasteiger charge is -2.31. The van der Waals surface area contributed by atoms with Crippen molar-refractivity contribution in [2.75, 3.05) is 6.61 Å². The van der Waals surface area contributed by atoms with Gasteiger partial charge in [-0.1, -0.05) is 33.1 Å². The molecule has 0 aromatic carbocycles. The number of aliphatic hydroxyl groups is 1. The summed E-state index contributed by atoms with van der Waals surface area (Å²) in [4.78, 5) is 0. The predicted octanol–water partition coefficient (Wildman–Crippen LogP) is 2.83. The van der Waals surface area contributed by atoms with Gasteiger partial charge in [0.2, 0.25) is 0 Å². The van der Waals surface area contributed by atoms with Crippen LogP contribution < -0.4 is 0 Å². The maximum Gasteiger partial charge on any atom is 0.0459 e. The molecule has 0 aliphatic heterocycles. The molecule has 1 rings (SSSR count). The van der Waals surface area contributed by atoms with Crippen LogP contribution in [0, 0.1) is 17.8 Å². The van der Waals surface area contributed by atoms with E-state index in [9.17, 15) is 0 Å². The van der Waals surface area contributed by atoms with Crippen LogP contribution in [-0.2, 0) is 0 Å². The summed E-state index contributed by atoms with van der Waals surface area (Å²) >= 11 is 0. The molecule has 1 fully saturated rings. The lowest BCUT2D eigenvalue weighted by molar-refractivity contribution is 0.135. The van der Waals surface area contributed by atoms with E-state index >= 15 is 0 Å². The highest BCUT2D eigenvalue weighted by molar-refractivity contribution is 4.75. The van der Waals surface area contributed by atoms with Crippen LogP contribution in [0.5, 0.6) is 0 Å². The van der Waals surface area contributed by atoms with Gasteiger partial charge in [-0.3, -0.25) is 0 Å². The Morgan fingerprint density at radius 2 is 2.17 bits per heavy atom. The van der Waals surface area contributed by atoms with E-state index in [2.05, 4.69) is 13.8 Å². The summed E-state index contributed by atoms with van der Waals surface area (Å²) < 4.78 is 0. The fourth-order valence-corrected chi connectivity index (χ4v) is 2.35. The topological polar surface area (TPSA) is 20.2 Å². The van der Waals surface area contributed by atoms with Gasteiger partial charge in [-0.25, -0.2) is 0 Å². The molecule has 1 aliphatic carbocycles. The molecule has 72 valence electrons. The maximum absolute atomic E-state index is 9.06. The molecular weight excluding hydrogens is 148 g/mol. The Hall–Kier alpha value is -0.0400. The highest BCUT2D eigenvalue weighted by Gasteiger charge is 2.24. The van der Waals surface area contributed by atoms with Crippen LogP contribution in [0.1, 0.15) is 46.0 Å². The zero-order chi connectivity index (χ0) is 8.97. The van der Waals surface area contributed by atoms with Gasteiger partial charge in [0.05, 0.1) is 0 Å². The normalized spacial score (nSPS) is 33.2. The molecule has 0 bridgehead atoms. The third-order valence-corrected chi connectivity index (χ3v) is 3.53. The first kappa shape index (κ1) is 10.0. The van der Waals surface area contributed by atoms with E-state index in [0.717, 1.165) is 11.8 Å². The van der Waals surface area contributed by atoms with E-state index in [1.165, 1.54) is 32.1 Å². The molecule has 1 aliphatic rings. The Labute approximate surface area is 76.2 Å². The highest BCUT2D eigenvalue weighted by atomic mass is 16.3. The smallest absolute Gasteiger partial charge is 0.0459 e. The number of rotatable bonds is 3. The molecule has 1 saturated carbocycles. The van der Waals surface area contributed by atoms with E-state index in [4.69, 9.17) is 5.11 Å². The van der Waals surface area contributed by atoms with E-state index in [0.29, 0.717) is 12.5 Å². The maximum atomic E-state index is 9.06. The molecule has 0 saturated heterocycles. The van der Waals surface area contributed by atoms with Crippen molar-refractivity contribution in [3.8, 4) is 0 Å². The van der Waals surface area contributed by atoms with E-state index in [1.807, 2.05) is 0 Å². The zero-order valence-electron chi connectivity index (χ0n) is 8.42. The standard InChI is InChI=1S/C11H22O/c1-3-9(2)11-6-4-5-10(7-11)8-12/h9-12H,3-8H2,1-2H3/t9-,10?,11-/m0/s1. The van der Waals surface area contributed by atoms with Crippen molar-refractivity contribution in [3.63, 3.8) is 0 Å². The summed E-state index contributed by atoms with van der Waals surface area (Å²) in [5.74, 6) is 2.36. The third-order valence-electron chi connectivity index (χ3n) is 3.53. The minimum Gasteiger partial charge on any atom is -0.396 e. The van der Waals surface area contributed by atoms with E-state index in [-0.39, 0.29) is 0 Å². The van der Waals surface area contributed by atoms with Gasteiger partial charge >= 0.3 is 0 Å². The zero-order valence-corrected chi connectivity index (χ0v) is 8.42. The summed E-state index contributed by atoms with van der Waals surface area (Å²) in [6.45, 7) is 5.03. The average molecular weight is 170 g/mol. The summed E-state index contributed by atoms with van der Waals surface area (Å²) in [6.07, 6.45) is 6.55. The van der Waals surface area contributed by atoms with Gasteiger partial charge in [0.15, 0.2) is 0 Å². The number of aliphatic hydroxyl groups excluding tert-OH is 1. The Kier molecular flexibility index (Phi) is 4.07. The summed E-state index contributed by atoms with van der Waals surface area (Å²) in [5.41, 5.74) is 0. The first-order valence-corrected chi connectivity index (χ1v) is 5.38. The molecule has 1 N–H and O–H groups in total. The minimum absolute atomic E-state index is 0.410. The van der Waals surface area contributed by atoms with E-state index < -0.39 is 0 Å². The Morgan fingerprint density at radius 1 is 1.42 bits per heavy atom. The van der Waals surface area contributed by atoms with Gasteiger partial charge in [0, 0.05) is 6.61 Å². The first-order valence-electron chi connectivity index (χ1n) is 5.38. The predicted molar refractivity (Wildman–Crippen MR) is 52.0 cm³/mol. The third kappa shape index (κ3) is 2.48. The van der Waals surface area contributed by atoms with Crippen molar-refractivity contribution in [1.82, 2.24) is 0 Å². The molecule has 1 nitrogen and oxygen atoms in total. The molecule has 12 heavy (non-hydrogen) atoms. The summed E-state index contributed by atoms with van der Waals surface area (Å²) in [6, 6.07) is 0. The van der Waals surface area contributed by atoms with Crippen molar-refractivity contribution >= 4 is 0 Å². The van der Waals surface area contributed by atoms with Crippen LogP contribution in [0.25, 0.3) is 0 Å². The molecular formula is C11H22O. The van der Waals surface area contributed by atoms with E-state index in [1.54, 1.807) is 0 Å². The van der Waals surface area contributed by atoms with Crippen LogP contribution in [0.4, 0.5) is 0 Å². The highest BCUT2D eigenvalue weighted by Crippen LogP contribution is 2.34. The van der Waals surface area contributed by atoms with Gasteiger partial charge in [0.1, 0.15) is 0 Å². The quantitative estimate of drug-likeness (QED) is 0.690. The fraction of sp³-hybridized carbons (Fsp3) is 1.00. The van der Waals surface area contributed by atoms with Crippen LogP contribution in [0.15, 0.2) is 0 Å². The molecule has 0 radical (unpaired) electrons. The van der Waals surface area contributed by atoms with Crippen LogP contribution in [0.2, 0.25) is 0 Å². The molecule has 0 amide bonds. The second-order valence-electron chi connectivity index (χ2n) is 4.36. The van der Waals surface area contributed by atoms with Crippen LogP contribution in [0.3, 0.4) is 0 Å².